The van der Waals surface area contributed by atoms with Gasteiger partial charge in [0.1, 0.15) is 6.26 Å². The zero-order valence-corrected chi connectivity index (χ0v) is 11.8. The normalized spacial score (nSPS) is 10.0. The fourth-order valence-corrected chi connectivity index (χ4v) is 1.90. The van der Waals surface area contributed by atoms with Gasteiger partial charge >= 0.3 is 11.9 Å². The van der Waals surface area contributed by atoms with Crippen LogP contribution in [0.1, 0.15) is 20.7 Å². The third-order valence-electron chi connectivity index (χ3n) is 2.95. The molecule has 1 heterocycles. The maximum atomic E-state index is 11.8. The zero-order chi connectivity index (χ0) is 15.4. The Hall–Kier alpha value is -2.76. The molecule has 0 aliphatic heterocycles. The van der Waals surface area contributed by atoms with E-state index in [1.54, 1.807) is 24.3 Å². The first-order valence-electron chi connectivity index (χ1n) is 6.05. The number of benzene rings is 1. The van der Waals surface area contributed by atoms with Crippen LogP contribution in [-0.2, 0) is 9.47 Å². The number of hydrogen-bond donors (Lipinski definition) is 0. The van der Waals surface area contributed by atoms with Gasteiger partial charge in [0.15, 0.2) is 5.56 Å². The monoisotopic (exact) mass is 290 g/mol. The van der Waals surface area contributed by atoms with Gasteiger partial charge in [0, 0.05) is 5.56 Å². The summed E-state index contributed by atoms with van der Waals surface area (Å²) in [6, 6.07) is 6.56. The third-order valence-corrected chi connectivity index (χ3v) is 2.95. The molecule has 0 saturated heterocycles. The van der Waals surface area contributed by atoms with Crippen LogP contribution in [-0.4, -0.2) is 33.3 Å². The first-order chi connectivity index (χ1) is 10.1. The van der Waals surface area contributed by atoms with Crippen molar-refractivity contribution in [1.82, 2.24) is 0 Å². The van der Waals surface area contributed by atoms with Crippen LogP contribution in [0.25, 0.3) is 11.1 Å². The highest BCUT2D eigenvalue weighted by Crippen LogP contribution is 2.33. The van der Waals surface area contributed by atoms with Gasteiger partial charge in [-0.3, -0.25) is 0 Å². The van der Waals surface area contributed by atoms with Gasteiger partial charge in [-0.1, -0.05) is 12.1 Å². The maximum absolute atomic E-state index is 11.8. The lowest BCUT2D eigenvalue weighted by atomic mass is 10.0. The summed E-state index contributed by atoms with van der Waals surface area (Å²) in [5.41, 5.74) is 1.83. The van der Waals surface area contributed by atoms with E-state index in [-0.39, 0.29) is 11.5 Å². The lowest BCUT2D eigenvalue weighted by molar-refractivity contribution is 0.0588. The molecular formula is C15H14O6. The van der Waals surface area contributed by atoms with E-state index in [0.717, 1.165) is 0 Å². The standard InChI is InChI=1S/C15H14O6/c1-18-13(16)10-6-4-9(5-7-10)11-8-21-15(20-3)12(11)14(17)19-2/h4-8H,1-3H3. The van der Waals surface area contributed by atoms with Crippen LogP contribution in [0, 0.1) is 0 Å². The molecule has 1 aromatic carbocycles. The van der Waals surface area contributed by atoms with Crippen LogP contribution in [0.5, 0.6) is 5.95 Å². The van der Waals surface area contributed by atoms with E-state index >= 15 is 0 Å². The molecule has 0 radical (unpaired) electrons. The summed E-state index contributed by atoms with van der Waals surface area (Å²) in [6.45, 7) is 0. The number of carbonyl (C=O) groups is 2. The van der Waals surface area contributed by atoms with E-state index < -0.39 is 11.9 Å². The molecule has 0 fully saturated rings. The van der Waals surface area contributed by atoms with Crippen LogP contribution in [0.3, 0.4) is 0 Å². The first kappa shape index (κ1) is 14.6. The van der Waals surface area contributed by atoms with E-state index in [4.69, 9.17) is 13.9 Å². The second kappa shape index (κ2) is 6.13. The maximum Gasteiger partial charge on any atom is 0.345 e. The number of furan rings is 1. The molecule has 0 N–H and O–H groups in total. The van der Waals surface area contributed by atoms with E-state index in [0.29, 0.717) is 16.7 Å². The molecule has 6 nitrogen and oxygen atoms in total. The van der Waals surface area contributed by atoms with E-state index in [1.165, 1.54) is 27.6 Å². The molecule has 0 saturated carbocycles. The highest BCUT2D eigenvalue weighted by atomic mass is 16.6. The molecule has 0 unspecified atom stereocenters. The van der Waals surface area contributed by atoms with Crippen molar-refractivity contribution in [2.24, 2.45) is 0 Å². The minimum Gasteiger partial charge on any atom is -0.468 e. The van der Waals surface area contributed by atoms with E-state index in [9.17, 15) is 9.59 Å². The molecule has 110 valence electrons. The van der Waals surface area contributed by atoms with Crippen LogP contribution in [0.15, 0.2) is 34.9 Å². The van der Waals surface area contributed by atoms with Crippen molar-refractivity contribution in [2.75, 3.05) is 21.3 Å². The molecule has 2 aromatic rings. The number of rotatable bonds is 4. The van der Waals surface area contributed by atoms with E-state index in [2.05, 4.69) is 4.74 Å². The fraction of sp³-hybridized carbons (Fsp3) is 0.200. The van der Waals surface area contributed by atoms with Crippen molar-refractivity contribution < 1.29 is 28.2 Å². The smallest absolute Gasteiger partial charge is 0.345 e. The van der Waals surface area contributed by atoms with Crippen LogP contribution >= 0.6 is 0 Å². The first-order valence-corrected chi connectivity index (χ1v) is 6.05. The molecule has 0 atom stereocenters. The Morgan fingerprint density at radius 3 is 2.10 bits per heavy atom. The largest absolute Gasteiger partial charge is 0.468 e. The van der Waals surface area contributed by atoms with Crippen molar-refractivity contribution in [3.05, 3.63) is 41.7 Å². The van der Waals surface area contributed by atoms with Gasteiger partial charge in [0.25, 0.3) is 5.95 Å². The molecule has 0 bridgehead atoms. The summed E-state index contributed by atoms with van der Waals surface area (Å²) in [4.78, 5) is 23.2. The summed E-state index contributed by atoms with van der Waals surface area (Å²) in [5.74, 6) is -0.916. The number of ether oxygens (including phenoxy) is 3. The second-order valence-corrected chi connectivity index (χ2v) is 4.08. The Balaban J connectivity index is 2.45. The average Bonchev–Trinajstić information content (AvgIpc) is 2.97. The molecule has 6 heteroatoms. The summed E-state index contributed by atoms with van der Waals surface area (Å²) in [6.07, 6.45) is 1.40. The average molecular weight is 290 g/mol. The Bertz CT molecular complexity index is 653. The second-order valence-electron chi connectivity index (χ2n) is 4.08. The highest BCUT2D eigenvalue weighted by molar-refractivity contribution is 5.99. The zero-order valence-electron chi connectivity index (χ0n) is 11.8. The van der Waals surface area contributed by atoms with Gasteiger partial charge in [-0.15, -0.1) is 0 Å². The van der Waals surface area contributed by atoms with Gasteiger partial charge in [-0.05, 0) is 17.7 Å². The number of esters is 2. The molecule has 1 aromatic heterocycles. The van der Waals surface area contributed by atoms with Gasteiger partial charge in [-0.25, -0.2) is 9.59 Å². The van der Waals surface area contributed by atoms with Gasteiger partial charge in [0.2, 0.25) is 0 Å². The van der Waals surface area contributed by atoms with Gasteiger partial charge < -0.3 is 18.6 Å². The summed E-state index contributed by atoms with van der Waals surface area (Å²) in [7, 11) is 3.99. The van der Waals surface area contributed by atoms with Gasteiger partial charge in [-0.2, -0.15) is 0 Å². The topological polar surface area (TPSA) is 75.0 Å². The van der Waals surface area contributed by atoms with Crippen LogP contribution in [0.4, 0.5) is 0 Å². The molecule has 0 spiro atoms. The number of hydrogen-bond acceptors (Lipinski definition) is 6. The fourth-order valence-electron chi connectivity index (χ4n) is 1.90. The van der Waals surface area contributed by atoms with Crippen molar-refractivity contribution in [2.45, 2.75) is 0 Å². The molecule has 2 rings (SSSR count). The minimum absolute atomic E-state index is 0.0777. The lowest BCUT2D eigenvalue weighted by Crippen LogP contribution is -2.04. The van der Waals surface area contributed by atoms with Crippen LogP contribution in [0.2, 0.25) is 0 Å². The summed E-state index contributed by atoms with van der Waals surface area (Å²) in [5, 5.41) is 0. The predicted molar refractivity (Wildman–Crippen MR) is 73.4 cm³/mol. The van der Waals surface area contributed by atoms with E-state index in [1.807, 2.05) is 0 Å². The summed E-state index contributed by atoms with van der Waals surface area (Å²) >= 11 is 0. The van der Waals surface area contributed by atoms with Crippen LogP contribution < -0.4 is 4.74 Å². The number of carbonyl (C=O) groups excluding carboxylic acids is 2. The lowest BCUT2D eigenvalue weighted by Gasteiger charge is -2.04. The predicted octanol–water partition coefficient (Wildman–Crippen LogP) is 2.53. The highest BCUT2D eigenvalue weighted by Gasteiger charge is 2.23. The van der Waals surface area contributed by atoms with Crippen molar-refractivity contribution in [3.63, 3.8) is 0 Å². The molecule has 0 aliphatic carbocycles. The van der Waals surface area contributed by atoms with Crippen molar-refractivity contribution in [1.29, 1.82) is 0 Å². The van der Waals surface area contributed by atoms with Crippen molar-refractivity contribution in [3.8, 4) is 17.1 Å². The Morgan fingerprint density at radius 1 is 0.952 bits per heavy atom. The Morgan fingerprint density at radius 2 is 1.57 bits per heavy atom. The quantitative estimate of drug-likeness (QED) is 0.805. The van der Waals surface area contributed by atoms with Gasteiger partial charge in [0.05, 0.1) is 26.9 Å². The molecule has 0 amide bonds. The number of methoxy groups -OCH3 is 3. The summed E-state index contributed by atoms with van der Waals surface area (Å²) < 4.78 is 19.6. The SMILES string of the molecule is COC(=O)c1ccc(-c2coc(OC)c2C(=O)OC)cc1. The minimum atomic E-state index is -0.562. The Kier molecular flexibility index (Phi) is 4.27. The van der Waals surface area contributed by atoms with Crippen molar-refractivity contribution >= 4 is 11.9 Å². The molecule has 21 heavy (non-hydrogen) atoms. The Labute approximate surface area is 121 Å². The molecule has 0 aliphatic rings. The molecular weight excluding hydrogens is 276 g/mol. The third kappa shape index (κ3) is 2.74.